The zero-order valence-corrected chi connectivity index (χ0v) is 15.0. The van der Waals surface area contributed by atoms with Gasteiger partial charge in [0.2, 0.25) is 5.91 Å². The van der Waals surface area contributed by atoms with E-state index in [4.69, 9.17) is 23.2 Å². The number of carbonyl (C=O) groups is 1. The Balaban J connectivity index is 1.62. The van der Waals surface area contributed by atoms with Gasteiger partial charge in [0.05, 0.1) is 34.5 Å². The first-order valence-corrected chi connectivity index (χ1v) is 8.48. The lowest BCUT2D eigenvalue weighted by molar-refractivity contribution is -0.124. The van der Waals surface area contributed by atoms with Crippen molar-refractivity contribution in [2.24, 2.45) is 11.0 Å². The molecule has 25 heavy (non-hydrogen) atoms. The van der Waals surface area contributed by atoms with Crippen molar-refractivity contribution in [1.29, 1.82) is 0 Å². The van der Waals surface area contributed by atoms with Crippen LogP contribution in [0.15, 0.2) is 53.9 Å². The first-order chi connectivity index (χ1) is 12.0. The molecule has 0 radical (unpaired) electrons. The Hall–Kier alpha value is -2.37. The molecule has 2 aromatic carbocycles. The van der Waals surface area contributed by atoms with Crippen molar-refractivity contribution in [3.05, 3.63) is 64.4 Å². The van der Waals surface area contributed by atoms with Crippen LogP contribution in [0.3, 0.4) is 0 Å². The molecular weight excluding hydrogens is 359 g/mol. The number of nitrogens with zero attached hydrogens (tertiary/aromatic N) is 3. The number of fused-ring (bicyclic) bond motifs is 1. The van der Waals surface area contributed by atoms with Crippen LogP contribution < -0.4 is 5.43 Å². The fourth-order valence-corrected chi connectivity index (χ4v) is 2.87. The van der Waals surface area contributed by atoms with Crippen molar-refractivity contribution < 1.29 is 4.79 Å². The molecule has 0 saturated heterocycles. The largest absolute Gasteiger partial charge is 0.330 e. The molecule has 0 aliphatic heterocycles. The third-order valence-corrected chi connectivity index (χ3v) is 4.35. The Morgan fingerprint density at radius 3 is 2.92 bits per heavy atom. The Bertz CT molecular complexity index is 936. The van der Waals surface area contributed by atoms with Gasteiger partial charge in [0.1, 0.15) is 0 Å². The fourth-order valence-electron chi connectivity index (χ4n) is 2.42. The molecule has 1 N–H and O–H groups in total. The van der Waals surface area contributed by atoms with Crippen LogP contribution in [0.1, 0.15) is 12.5 Å². The van der Waals surface area contributed by atoms with Crippen LogP contribution in [-0.2, 0) is 11.3 Å². The van der Waals surface area contributed by atoms with Gasteiger partial charge in [0, 0.05) is 17.1 Å². The molecule has 5 nitrogen and oxygen atoms in total. The highest BCUT2D eigenvalue weighted by atomic mass is 35.5. The van der Waals surface area contributed by atoms with Gasteiger partial charge in [0.15, 0.2) is 0 Å². The smallest absolute Gasteiger partial charge is 0.244 e. The Morgan fingerprint density at radius 1 is 1.32 bits per heavy atom. The highest BCUT2D eigenvalue weighted by molar-refractivity contribution is 6.36. The van der Waals surface area contributed by atoms with E-state index in [1.807, 2.05) is 35.8 Å². The molecule has 1 aromatic heterocycles. The van der Waals surface area contributed by atoms with Crippen LogP contribution in [-0.4, -0.2) is 21.7 Å². The van der Waals surface area contributed by atoms with Crippen LogP contribution in [0, 0.1) is 5.92 Å². The van der Waals surface area contributed by atoms with Gasteiger partial charge in [-0.3, -0.25) is 4.79 Å². The lowest BCUT2D eigenvalue weighted by atomic mass is 10.1. The molecule has 0 aliphatic rings. The number of imidazole rings is 1. The third-order valence-electron chi connectivity index (χ3n) is 3.79. The molecule has 7 heteroatoms. The van der Waals surface area contributed by atoms with Gasteiger partial charge in [-0.15, -0.1) is 0 Å². The summed E-state index contributed by atoms with van der Waals surface area (Å²) in [6.45, 7) is 2.36. The van der Waals surface area contributed by atoms with Crippen molar-refractivity contribution in [2.45, 2.75) is 13.5 Å². The maximum atomic E-state index is 12.2. The molecule has 0 fully saturated rings. The molecule has 3 rings (SSSR count). The number of hydrazone groups is 1. The van der Waals surface area contributed by atoms with Crippen LogP contribution in [0.4, 0.5) is 0 Å². The number of rotatable bonds is 5. The van der Waals surface area contributed by atoms with Crippen molar-refractivity contribution in [2.75, 3.05) is 0 Å². The van der Waals surface area contributed by atoms with Crippen molar-refractivity contribution in [3.63, 3.8) is 0 Å². The van der Waals surface area contributed by atoms with E-state index in [9.17, 15) is 4.79 Å². The van der Waals surface area contributed by atoms with Crippen molar-refractivity contribution in [3.8, 4) is 0 Å². The highest BCUT2D eigenvalue weighted by Gasteiger charge is 2.14. The first-order valence-electron chi connectivity index (χ1n) is 7.72. The molecule has 0 unspecified atom stereocenters. The van der Waals surface area contributed by atoms with Crippen molar-refractivity contribution >= 4 is 46.4 Å². The summed E-state index contributed by atoms with van der Waals surface area (Å²) < 4.78 is 1.96. The van der Waals surface area contributed by atoms with Gasteiger partial charge in [-0.25, -0.2) is 10.4 Å². The van der Waals surface area contributed by atoms with Gasteiger partial charge < -0.3 is 4.57 Å². The Kier molecular flexibility index (Phi) is 5.36. The van der Waals surface area contributed by atoms with Gasteiger partial charge >= 0.3 is 0 Å². The second-order valence-corrected chi connectivity index (χ2v) is 6.53. The second kappa shape index (κ2) is 7.68. The number of aromatic nitrogens is 2. The number of benzene rings is 2. The van der Waals surface area contributed by atoms with E-state index in [-0.39, 0.29) is 11.8 Å². The lowest BCUT2D eigenvalue weighted by Gasteiger charge is -2.11. The van der Waals surface area contributed by atoms with E-state index >= 15 is 0 Å². The predicted molar refractivity (Wildman–Crippen MR) is 101 cm³/mol. The van der Waals surface area contributed by atoms with E-state index in [0.29, 0.717) is 22.2 Å². The van der Waals surface area contributed by atoms with Gasteiger partial charge in [0.25, 0.3) is 0 Å². The zero-order valence-electron chi connectivity index (χ0n) is 13.5. The third kappa shape index (κ3) is 4.18. The monoisotopic (exact) mass is 374 g/mol. The number of hydrogen-bond donors (Lipinski definition) is 1. The number of hydrogen-bond acceptors (Lipinski definition) is 3. The van der Waals surface area contributed by atoms with Crippen molar-refractivity contribution in [1.82, 2.24) is 15.0 Å². The summed E-state index contributed by atoms with van der Waals surface area (Å²) in [6, 6.07) is 12.9. The average molecular weight is 375 g/mol. The van der Waals surface area contributed by atoms with E-state index in [1.54, 1.807) is 24.5 Å². The number of carbonyl (C=O) groups excluding carboxylic acids is 1. The molecule has 0 aliphatic carbocycles. The minimum absolute atomic E-state index is 0.181. The summed E-state index contributed by atoms with van der Waals surface area (Å²) in [5.41, 5.74) is 5.13. The lowest BCUT2D eigenvalue weighted by Crippen LogP contribution is -2.27. The Labute approximate surface area is 155 Å². The van der Waals surface area contributed by atoms with Gasteiger partial charge in [-0.1, -0.05) is 48.3 Å². The first kappa shape index (κ1) is 17.5. The standard InChI is InChI=1S/C18H16Cl2N4O/c1-12(10-24-11-21-16-4-2-3-5-17(16)24)18(25)23-22-9-13-6-7-14(19)8-15(13)20/h2-9,11-12H,10H2,1H3,(H,23,25)/b22-9-/t12-/m0/s1. The fraction of sp³-hybridized carbons (Fsp3) is 0.167. The molecule has 0 spiro atoms. The maximum Gasteiger partial charge on any atom is 0.244 e. The molecule has 0 bridgehead atoms. The van der Waals surface area contributed by atoms with Gasteiger partial charge in [-0.05, 0) is 24.3 Å². The highest BCUT2D eigenvalue weighted by Crippen LogP contribution is 2.19. The van der Waals surface area contributed by atoms with Crippen LogP contribution in [0.2, 0.25) is 10.0 Å². The SMILES string of the molecule is C[C@@H](Cn1cnc2ccccc21)C(=O)N/N=C\c1ccc(Cl)cc1Cl. The van der Waals surface area contributed by atoms with E-state index in [0.717, 1.165) is 11.0 Å². The number of nitrogens with one attached hydrogen (secondary N) is 1. The Morgan fingerprint density at radius 2 is 2.12 bits per heavy atom. The van der Waals surface area contributed by atoms with E-state index in [1.165, 1.54) is 6.21 Å². The topological polar surface area (TPSA) is 59.3 Å². The van der Waals surface area contributed by atoms with Crippen LogP contribution in [0.5, 0.6) is 0 Å². The summed E-state index contributed by atoms with van der Waals surface area (Å²) >= 11 is 11.9. The molecule has 1 atom stereocenters. The summed E-state index contributed by atoms with van der Waals surface area (Å²) in [7, 11) is 0. The molecular formula is C18H16Cl2N4O. The number of para-hydroxylation sites is 2. The van der Waals surface area contributed by atoms with Gasteiger partial charge in [-0.2, -0.15) is 5.10 Å². The molecule has 1 heterocycles. The zero-order chi connectivity index (χ0) is 17.8. The summed E-state index contributed by atoms with van der Waals surface area (Å²) in [6.07, 6.45) is 3.24. The second-order valence-electron chi connectivity index (χ2n) is 5.69. The normalized spacial score (nSPS) is 12.6. The quantitative estimate of drug-likeness (QED) is 0.539. The van der Waals surface area contributed by atoms with Crippen LogP contribution >= 0.6 is 23.2 Å². The predicted octanol–water partition coefficient (Wildman–Crippen LogP) is 4.13. The molecule has 0 saturated carbocycles. The summed E-state index contributed by atoms with van der Waals surface area (Å²) in [4.78, 5) is 16.5. The number of amides is 1. The number of halogens is 2. The maximum absolute atomic E-state index is 12.2. The van der Waals surface area contributed by atoms with E-state index in [2.05, 4.69) is 15.5 Å². The summed E-state index contributed by atoms with van der Waals surface area (Å²) in [5.74, 6) is -0.449. The molecule has 128 valence electrons. The summed E-state index contributed by atoms with van der Waals surface area (Å²) in [5, 5.41) is 4.99. The van der Waals surface area contributed by atoms with E-state index < -0.39 is 0 Å². The molecule has 3 aromatic rings. The van der Waals surface area contributed by atoms with Crippen LogP contribution in [0.25, 0.3) is 11.0 Å². The molecule has 1 amide bonds. The minimum atomic E-state index is -0.268. The minimum Gasteiger partial charge on any atom is -0.330 e. The average Bonchev–Trinajstić information content (AvgIpc) is 3.00.